The third-order valence-corrected chi connectivity index (χ3v) is 5.13. The Labute approximate surface area is 161 Å². The number of carbonyl (C=O) groups is 1. The van der Waals surface area contributed by atoms with Crippen LogP contribution in [0.2, 0.25) is 5.02 Å². The second-order valence-corrected chi connectivity index (χ2v) is 7.23. The predicted octanol–water partition coefficient (Wildman–Crippen LogP) is 3.91. The van der Waals surface area contributed by atoms with E-state index in [1.165, 1.54) is 0 Å². The lowest BCUT2D eigenvalue weighted by Crippen LogP contribution is -2.44. The van der Waals surface area contributed by atoms with Gasteiger partial charge in [0.25, 0.3) is 5.91 Å². The van der Waals surface area contributed by atoms with Gasteiger partial charge in [-0.1, -0.05) is 51.8 Å². The Bertz CT molecular complexity index is 735. The summed E-state index contributed by atoms with van der Waals surface area (Å²) in [4.78, 5) is 14.8. The Balaban J connectivity index is 1.75. The molecule has 0 aromatic heterocycles. The maximum absolute atomic E-state index is 12.5. The first-order valence-corrected chi connectivity index (χ1v) is 9.42. The van der Waals surface area contributed by atoms with Gasteiger partial charge < -0.3 is 10.1 Å². The van der Waals surface area contributed by atoms with Crippen LogP contribution in [0.5, 0.6) is 0 Å². The summed E-state index contributed by atoms with van der Waals surface area (Å²) in [7, 11) is 0. The molecule has 2 aromatic rings. The molecule has 3 rings (SSSR count). The van der Waals surface area contributed by atoms with E-state index in [1.54, 1.807) is 6.07 Å². The normalized spacial score (nSPS) is 16.4. The average Bonchev–Trinajstić information content (AvgIpc) is 2.64. The van der Waals surface area contributed by atoms with Crippen molar-refractivity contribution in [2.45, 2.75) is 6.04 Å². The lowest BCUT2D eigenvalue weighted by Gasteiger charge is -2.35. The molecule has 0 radical (unpaired) electrons. The van der Waals surface area contributed by atoms with E-state index < -0.39 is 0 Å². The Morgan fingerprint density at radius 3 is 2.68 bits per heavy atom. The fourth-order valence-electron chi connectivity index (χ4n) is 2.99. The molecule has 1 fully saturated rings. The topological polar surface area (TPSA) is 41.6 Å². The van der Waals surface area contributed by atoms with Crippen molar-refractivity contribution >= 4 is 33.4 Å². The zero-order chi connectivity index (χ0) is 17.6. The van der Waals surface area contributed by atoms with Crippen molar-refractivity contribution in [2.24, 2.45) is 0 Å². The van der Waals surface area contributed by atoms with Crippen LogP contribution in [-0.4, -0.2) is 43.7 Å². The first kappa shape index (κ1) is 18.4. The van der Waals surface area contributed by atoms with Gasteiger partial charge in [-0.05, 0) is 29.8 Å². The average molecular weight is 424 g/mol. The standard InChI is InChI=1S/C19H20BrClN2O2/c20-15-5-3-4-14(12-15)19(24)22-13-18(23-8-10-25-11-9-23)16-6-1-2-7-17(16)21/h1-7,12,18H,8-11,13H2,(H,22,24). The van der Waals surface area contributed by atoms with Gasteiger partial charge in [-0.2, -0.15) is 0 Å². The number of nitrogens with one attached hydrogen (secondary N) is 1. The molecule has 1 saturated heterocycles. The predicted molar refractivity (Wildman–Crippen MR) is 103 cm³/mol. The number of hydrogen-bond donors (Lipinski definition) is 1. The molecule has 0 spiro atoms. The van der Waals surface area contributed by atoms with Gasteiger partial charge in [0.1, 0.15) is 0 Å². The zero-order valence-electron chi connectivity index (χ0n) is 13.8. The molecule has 1 aliphatic heterocycles. The van der Waals surface area contributed by atoms with Crippen LogP contribution in [0.15, 0.2) is 53.0 Å². The molecule has 1 amide bonds. The van der Waals surface area contributed by atoms with Crippen LogP contribution in [0.3, 0.4) is 0 Å². The van der Waals surface area contributed by atoms with Crippen molar-refractivity contribution in [3.8, 4) is 0 Å². The maximum Gasteiger partial charge on any atom is 0.251 e. The number of rotatable bonds is 5. The molecule has 6 heteroatoms. The van der Waals surface area contributed by atoms with Gasteiger partial charge in [0.05, 0.1) is 19.3 Å². The summed E-state index contributed by atoms with van der Waals surface area (Å²) in [5.74, 6) is -0.0911. The van der Waals surface area contributed by atoms with Gasteiger partial charge in [-0.15, -0.1) is 0 Å². The van der Waals surface area contributed by atoms with Crippen molar-refractivity contribution in [2.75, 3.05) is 32.8 Å². The summed E-state index contributed by atoms with van der Waals surface area (Å²) in [6, 6.07) is 15.2. The maximum atomic E-state index is 12.5. The summed E-state index contributed by atoms with van der Waals surface area (Å²) in [6.45, 7) is 3.53. The van der Waals surface area contributed by atoms with Gasteiger partial charge in [0.15, 0.2) is 0 Å². The lowest BCUT2D eigenvalue weighted by molar-refractivity contribution is 0.0162. The smallest absolute Gasteiger partial charge is 0.251 e. The third-order valence-electron chi connectivity index (χ3n) is 4.29. The Morgan fingerprint density at radius 2 is 1.96 bits per heavy atom. The Kier molecular flexibility index (Phi) is 6.48. The highest BCUT2D eigenvalue weighted by Gasteiger charge is 2.25. The summed E-state index contributed by atoms with van der Waals surface area (Å²) in [6.07, 6.45) is 0. The summed E-state index contributed by atoms with van der Waals surface area (Å²) < 4.78 is 6.34. The molecule has 0 bridgehead atoms. The van der Waals surface area contributed by atoms with E-state index in [2.05, 4.69) is 26.1 Å². The second kappa shape index (κ2) is 8.81. The van der Waals surface area contributed by atoms with Gasteiger partial charge >= 0.3 is 0 Å². The van der Waals surface area contributed by atoms with E-state index in [-0.39, 0.29) is 11.9 Å². The number of ether oxygens (including phenoxy) is 1. The molecule has 132 valence electrons. The van der Waals surface area contributed by atoms with Gasteiger partial charge in [-0.3, -0.25) is 9.69 Å². The van der Waals surface area contributed by atoms with E-state index in [4.69, 9.17) is 16.3 Å². The van der Waals surface area contributed by atoms with Crippen LogP contribution in [0.1, 0.15) is 22.0 Å². The minimum absolute atomic E-state index is 0.0219. The molecule has 1 unspecified atom stereocenters. The zero-order valence-corrected chi connectivity index (χ0v) is 16.1. The molecule has 4 nitrogen and oxygen atoms in total. The van der Waals surface area contributed by atoms with Crippen LogP contribution in [0, 0.1) is 0 Å². The van der Waals surface area contributed by atoms with Crippen molar-refractivity contribution in [1.82, 2.24) is 10.2 Å². The fraction of sp³-hybridized carbons (Fsp3) is 0.316. The quantitative estimate of drug-likeness (QED) is 0.793. The van der Waals surface area contributed by atoms with Crippen LogP contribution < -0.4 is 5.32 Å². The first-order valence-electron chi connectivity index (χ1n) is 8.25. The third kappa shape index (κ3) is 4.82. The van der Waals surface area contributed by atoms with Crippen LogP contribution in [0.4, 0.5) is 0 Å². The molecule has 1 atom stereocenters. The van der Waals surface area contributed by atoms with E-state index >= 15 is 0 Å². The molecule has 2 aromatic carbocycles. The van der Waals surface area contributed by atoms with Crippen LogP contribution in [-0.2, 0) is 4.74 Å². The minimum atomic E-state index is -0.0911. The van der Waals surface area contributed by atoms with Gasteiger partial charge in [-0.25, -0.2) is 0 Å². The molecular formula is C19H20BrClN2O2. The monoisotopic (exact) mass is 422 g/mol. The van der Waals surface area contributed by atoms with Crippen molar-refractivity contribution < 1.29 is 9.53 Å². The second-order valence-electron chi connectivity index (χ2n) is 5.91. The lowest BCUT2D eigenvalue weighted by atomic mass is 10.0. The largest absolute Gasteiger partial charge is 0.379 e. The molecular weight excluding hydrogens is 404 g/mol. The van der Waals surface area contributed by atoms with Crippen LogP contribution >= 0.6 is 27.5 Å². The number of carbonyl (C=O) groups excluding carboxylic acids is 1. The molecule has 25 heavy (non-hydrogen) atoms. The first-order chi connectivity index (χ1) is 12.1. The Hall–Kier alpha value is -1.40. The number of halogens is 2. The highest BCUT2D eigenvalue weighted by atomic mass is 79.9. The minimum Gasteiger partial charge on any atom is -0.379 e. The van der Waals surface area contributed by atoms with Crippen molar-refractivity contribution in [3.05, 3.63) is 69.2 Å². The van der Waals surface area contributed by atoms with Crippen molar-refractivity contribution in [1.29, 1.82) is 0 Å². The number of nitrogens with zero attached hydrogens (tertiary/aromatic N) is 1. The van der Waals surface area contributed by atoms with Crippen molar-refractivity contribution in [3.63, 3.8) is 0 Å². The van der Waals surface area contributed by atoms with Crippen LogP contribution in [0.25, 0.3) is 0 Å². The molecule has 1 heterocycles. The van der Waals surface area contributed by atoms with E-state index in [9.17, 15) is 4.79 Å². The van der Waals surface area contributed by atoms with Gasteiger partial charge in [0, 0.05) is 34.7 Å². The summed E-state index contributed by atoms with van der Waals surface area (Å²) in [5, 5.41) is 3.77. The van der Waals surface area contributed by atoms with E-state index in [0.29, 0.717) is 25.3 Å². The molecule has 1 N–H and O–H groups in total. The molecule has 1 aliphatic rings. The number of benzene rings is 2. The Morgan fingerprint density at radius 1 is 1.20 bits per heavy atom. The highest BCUT2D eigenvalue weighted by Crippen LogP contribution is 2.27. The molecule has 0 aliphatic carbocycles. The summed E-state index contributed by atoms with van der Waals surface area (Å²) in [5.41, 5.74) is 1.66. The highest BCUT2D eigenvalue weighted by molar-refractivity contribution is 9.10. The fourth-order valence-corrected chi connectivity index (χ4v) is 3.65. The van der Waals surface area contributed by atoms with E-state index in [0.717, 1.165) is 28.1 Å². The SMILES string of the molecule is O=C(NCC(c1ccccc1Cl)N1CCOCC1)c1cccc(Br)c1. The van der Waals surface area contributed by atoms with E-state index in [1.807, 2.05) is 42.5 Å². The number of amides is 1. The summed E-state index contributed by atoms with van der Waals surface area (Å²) >= 11 is 9.81. The molecule has 0 saturated carbocycles. The number of morpholine rings is 1. The number of hydrogen-bond acceptors (Lipinski definition) is 3. The van der Waals surface area contributed by atoms with Gasteiger partial charge in [0.2, 0.25) is 0 Å².